The first-order valence-corrected chi connectivity index (χ1v) is 7.22. The summed E-state index contributed by atoms with van der Waals surface area (Å²) < 4.78 is 11.6. The molecular formula is C16H23NO4. The molecule has 1 saturated heterocycles. The summed E-state index contributed by atoms with van der Waals surface area (Å²) in [5.41, 5.74) is 0.715. The molecule has 1 atom stereocenters. The van der Waals surface area contributed by atoms with E-state index in [-0.39, 0.29) is 6.54 Å². The number of aryl methyl sites for hydroxylation is 1. The molecule has 1 aliphatic rings. The highest BCUT2D eigenvalue weighted by molar-refractivity contribution is 5.69. The summed E-state index contributed by atoms with van der Waals surface area (Å²) in [5.74, 6) is 0.0169. The van der Waals surface area contributed by atoms with Crippen molar-refractivity contribution < 1.29 is 19.4 Å². The molecular weight excluding hydrogens is 270 g/mol. The minimum Gasteiger partial charge on any atom is -0.491 e. The van der Waals surface area contributed by atoms with Gasteiger partial charge in [-0.2, -0.15) is 0 Å². The number of piperidine rings is 1. The average Bonchev–Trinajstić information content (AvgIpc) is 2.45. The van der Waals surface area contributed by atoms with Gasteiger partial charge < -0.3 is 14.6 Å². The molecule has 21 heavy (non-hydrogen) atoms. The quantitative estimate of drug-likeness (QED) is 0.868. The lowest BCUT2D eigenvalue weighted by molar-refractivity contribution is -0.141. The zero-order chi connectivity index (χ0) is 15.3. The molecule has 5 nitrogen and oxygen atoms in total. The Morgan fingerprint density at radius 1 is 1.48 bits per heavy atom. The maximum absolute atomic E-state index is 10.9. The van der Waals surface area contributed by atoms with E-state index in [0.717, 1.165) is 30.7 Å². The first kappa shape index (κ1) is 15.8. The molecule has 116 valence electrons. The van der Waals surface area contributed by atoms with Crippen molar-refractivity contribution >= 4 is 5.97 Å². The smallest absolute Gasteiger partial charge is 0.317 e. The topological polar surface area (TPSA) is 59.0 Å². The molecule has 1 aromatic carbocycles. The molecule has 1 unspecified atom stereocenters. The monoisotopic (exact) mass is 293 g/mol. The van der Waals surface area contributed by atoms with Gasteiger partial charge in [0.1, 0.15) is 18.0 Å². The summed E-state index contributed by atoms with van der Waals surface area (Å²) in [5, 5.41) is 8.93. The number of carboxylic acids is 1. The highest BCUT2D eigenvalue weighted by Gasteiger charge is 2.37. The molecule has 0 amide bonds. The van der Waals surface area contributed by atoms with Crippen molar-refractivity contribution in [3.63, 3.8) is 0 Å². The van der Waals surface area contributed by atoms with Gasteiger partial charge in [0, 0.05) is 13.7 Å². The van der Waals surface area contributed by atoms with Crippen LogP contribution in [0.4, 0.5) is 0 Å². The number of methoxy groups -OCH3 is 1. The first-order valence-electron chi connectivity index (χ1n) is 7.22. The SMILES string of the molecule is COC1(COc2cccc(C)c2)CCCN(CC(=O)O)C1. The predicted octanol–water partition coefficient (Wildman–Crippen LogP) is 1.94. The molecule has 1 fully saturated rings. The second kappa shape index (κ2) is 6.91. The summed E-state index contributed by atoms with van der Waals surface area (Å²) in [4.78, 5) is 12.8. The zero-order valence-electron chi connectivity index (χ0n) is 12.7. The Bertz CT molecular complexity index is 491. The van der Waals surface area contributed by atoms with Gasteiger partial charge in [0.2, 0.25) is 0 Å². The van der Waals surface area contributed by atoms with Crippen LogP contribution in [-0.2, 0) is 9.53 Å². The summed E-state index contributed by atoms with van der Waals surface area (Å²) >= 11 is 0. The minimum absolute atomic E-state index is 0.0511. The van der Waals surface area contributed by atoms with E-state index < -0.39 is 11.6 Å². The number of carboxylic acid groups (broad SMARTS) is 1. The summed E-state index contributed by atoms with van der Waals surface area (Å²) in [7, 11) is 1.67. The van der Waals surface area contributed by atoms with Crippen molar-refractivity contribution in [1.82, 2.24) is 4.90 Å². The summed E-state index contributed by atoms with van der Waals surface area (Å²) in [6.07, 6.45) is 1.80. The summed E-state index contributed by atoms with van der Waals surface area (Å²) in [6, 6.07) is 7.89. The maximum Gasteiger partial charge on any atom is 0.317 e. The molecule has 5 heteroatoms. The van der Waals surface area contributed by atoms with Gasteiger partial charge in [0.15, 0.2) is 0 Å². The lowest BCUT2D eigenvalue weighted by Crippen LogP contribution is -2.53. The zero-order valence-corrected chi connectivity index (χ0v) is 12.7. The van der Waals surface area contributed by atoms with Gasteiger partial charge in [0.05, 0.1) is 6.54 Å². The number of nitrogens with zero attached hydrogens (tertiary/aromatic N) is 1. The van der Waals surface area contributed by atoms with E-state index in [9.17, 15) is 4.79 Å². The minimum atomic E-state index is -0.804. The molecule has 0 aromatic heterocycles. The number of hydrogen-bond donors (Lipinski definition) is 1. The second-order valence-electron chi connectivity index (χ2n) is 5.70. The van der Waals surface area contributed by atoms with Gasteiger partial charge >= 0.3 is 5.97 Å². The van der Waals surface area contributed by atoms with E-state index in [4.69, 9.17) is 14.6 Å². The van der Waals surface area contributed by atoms with Crippen LogP contribution in [0, 0.1) is 6.92 Å². The molecule has 1 N–H and O–H groups in total. The molecule has 0 spiro atoms. The fourth-order valence-electron chi connectivity index (χ4n) is 2.78. The fraction of sp³-hybridized carbons (Fsp3) is 0.562. The Morgan fingerprint density at radius 3 is 2.95 bits per heavy atom. The number of aliphatic carboxylic acids is 1. The first-order chi connectivity index (χ1) is 10.0. The number of ether oxygens (including phenoxy) is 2. The number of benzene rings is 1. The van der Waals surface area contributed by atoms with Crippen LogP contribution in [0.25, 0.3) is 0 Å². The van der Waals surface area contributed by atoms with Crippen LogP contribution in [0.2, 0.25) is 0 Å². The fourth-order valence-corrected chi connectivity index (χ4v) is 2.78. The van der Waals surface area contributed by atoms with E-state index in [1.165, 1.54) is 0 Å². The third-order valence-electron chi connectivity index (χ3n) is 3.90. The van der Waals surface area contributed by atoms with Crippen molar-refractivity contribution in [2.24, 2.45) is 0 Å². The van der Waals surface area contributed by atoms with Gasteiger partial charge in [-0.25, -0.2) is 0 Å². The molecule has 1 aromatic rings. The third-order valence-corrected chi connectivity index (χ3v) is 3.90. The van der Waals surface area contributed by atoms with Gasteiger partial charge in [-0.3, -0.25) is 9.69 Å². The lowest BCUT2D eigenvalue weighted by atomic mass is 9.93. The van der Waals surface area contributed by atoms with Gasteiger partial charge in [0.25, 0.3) is 0 Å². The molecule has 0 aliphatic carbocycles. The normalized spacial score (nSPS) is 23.0. The highest BCUT2D eigenvalue weighted by Crippen LogP contribution is 2.26. The lowest BCUT2D eigenvalue weighted by Gasteiger charge is -2.40. The molecule has 0 radical (unpaired) electrons. The third kappa shape index (κ3) is 4.44. The van der Waals surface area contributed by atoms with Crippen molar-refractivity contribution in [1.29, 1.82) is 0 Å². The van der Waals surface area contributed by atoms with E-state index in [0.29, 0.717) is 13.2 Å². The van der Waals surface area contributed by atoms with E-state index in [2.05, 4.69) is 0 Å². The van der Waals surface area contributed by atoms with Gasteiger partial charge in [-0.1, -0.05) is 12.1 Å². The highest BCUT2D eigenvalue weighted by atomic mass is 16.5. The Hall–Kier alpha value is -1.59. The molecule has 2 rings (SSSR count). The molecule has 0 bridgehead atoms. The Morgan fingerprint density at radius 2 is 2.29 bits per heavy atom. The van der Waals surface area contributed by atoms with Gasteiger partial charge in [-0.15, -0.1) is 0 Å². The van der Waals surface area contributed by atoms with Crippen molar-refractivity contribution in [2.45, 2.75) is 25.4 Å². The van der Waals surface area contributed by atoms with Crippen LogP contribution in [-0.4, -0.2) is 54.9 Å². The molecule has 1 heterocycles. The predicted molar refractivity (Wildman–Crippen MR) is 79.7 cm³/mol. The molecule has 1 aliphatic heterocycles. The van der Waals surface area contributed by atoms with Crippen LogP contribution >= 0.6 is 0 Å². The summed E-state index contributed by atoms with van der Waals surface area (Å²) in [6.45, 7) is 3.89. The second-order valence-corrected chi connectivity index (χ2v) is 5.70. The van der Waals surface area contributed by atoms with E-state index in [1.54, 1.807) is 7.11 Å². The number of carbonyl (C=O) groups is 1. The van der Waals surface area contributed by atoms with Crippen LogP contribution in [0.5, 0.6) is 5.75 Å². The number of rotatable bonds is 6. The average molecular weight is 293 g/mol. The van der Waals surface area contributed by atoms with Crippen molar-refractivity contribution in [3.8, 4) is 5.75 Å². The van der Waals surface area contributed by atoms with Crippen LogP contribution in [0.3, 0.4) is 0 Å². The Labute approximate surface area is 125 Å². The standard InChI is InChI=1S/C16H23NO4/c1-13-5-3-6-14(9-13)21-12-16(20-2)7-4-8-17(11-16)10-15(18)19/h3,5-6,9H,4,7-8,10-12H2,1-2H3,(H,18,19). The van der Waals surface area contributed by atoms with Crippen LogP contribution in [0.1, 0.15) is 18.4 Å². The van der Waals surface area contributed by atoms with Gasteiger partial charge in [-0.05, 0) is 44.0 Å². The van der Waals surface area contributed by atoms with E-state index in [1.807, 2.05) is 36.1 Å². The molecule has 0 saturated carbocycles. The van der Waals surface area contributed by atoms with Crippen LogP contribution < -0.4 is 4.74 Å². The van der Waals surface area contributed by atoms with Crippen LogP contribution in [0.15, 0.2) is 24.3 Å². The van der Waals surface area contributed by atoms with Crippen molar-refractivity contribution in [3.05, 3.63) is 29.8 Å². The Balaban J connectivity index is 1.98. The number of likely N-dealkylation sites (tertiary alicyclic amines) is 1. The number of hydrogen-bond acceptors (Lipinski definition) is 4. The largest absolute Gasteiger partial charge is 0.491 e. The maximum atomic E-state index is 10.9. The Kier molecular flexibility index (Phi) is 5.20. The van der Waals surface area contributed by atoms with E-state index >= 15 is 0 Å². The van der Waals surface area contributed by atoms with Crippen molar-refractivity contribution in [2.75, 3.05) is 33.4 Å².